The van der Waals surface area contributed by atoms with Crippen molar-refractivity contribution in [1.82, 2.24) is 14.5 Å². The third-order valence-corrected chi connectivity index (χ3v) is 5.64. The van der Waals surface area contributed by atoms with Gasteiger partial charge in [-0.25, -0.2) is 17.8 Å². The zero-order valence-electron chi connectivity index (χ0n) is 15.5. The number of sulfonamides is 1. The van der Waals surface area contributed by atoms with Crippen molar-refractivity contribution >= 4 is 20.9 Å². The largest absolute Gasteiger partial charge is 0.573 e. The van der Waals surface area contributed by atoms with E-state index in [-0.39, 0.29) is 17.7 Å². The third kappa shape index (κ3) is 5.25. The van der Waals surface area contributed by atoms with Crippen molar-refractivity contribution < 1.29 is 35.1 Å². The molecule has 3 aromatic rings. The van der Waals surface area contributed by atoms with E-state index < -0.39 is 28.7 Å². The van der Waals surface area contributed by atoms with E-state index in [1.165, 1.54) is 19.2 Å². The average Bonchev–Trinajstić information content (AvgIpc) is 3.10. The van der Waals surface area contributed by atoms with Crippen LogP contribution >= 0.6 is 0 Å². The van der Waals surface area contributed by atoms with Crippen LogP contribution in [0.4, 0.5) is 22.0 Å². The summed E-state index contributed by atoms with van der Waals surface area (Å²) in [6, 6.07) is 8.15. The highest BCUT2D eigenvalue weighted by Crippen LogP contribution is 2.31. The molecule has 30 heavy (non-hydrogen) atoms. The number of hydrogen-bond acceptors (Lipinski definition) is 4. The lowest BCUT2D eigenvalue weighted by Gasteiger charge is -2.10. The molecule has 2 aromatic carbocycles. The van der Waals surface area contributed by atoms with Gasteiger partial charge in [-0.05, 0) is 54.4 Å². The third-order valence-electron chi connectivity index (χ3n) is 4.28. The van der Waals surface area contributed by atoms with Crippen LogP contribution < -0.4 is 9.46 Å². The molecule has 162 valence electrons. The second kappa shape index (κ2) is 8.19. The Morgan fingerprint density at radius 3 is 2.37 bits per heavy atom. The standard InChI is InChI=1S/C18H16F5N3O3S/c1-24-30(27,28)7-6-12-8-13(9-14-10-26(17(19)20)25-16(12)14)11-2-4-15(5-3-11)29-18(21,22)23/h2-5,8-10,17,24H,6-7H2,1H3. The van der Waals surface area contributed by atoms with Gasteiger partial charge in [0.15, 0.2) is 0 Å². The number of rotatable bonds is 7. The van der Waals surface area contributed by atoms with Gasteiger partial charge < -0.3 is 4.74 Å². The molecule has 1 heterocycles. The first-order chi connectivity index (χ1) is 14.0. The van der Waals surface area contributed by atoms with Crippen molar-refractivity contribution in [1.29, 1.82) is 0 Å². The summed E-state index contributed by atoms with van der Waals surface area (Å²) in [5, 5.41) is 4.18. The van der Waals surface area contributed by atoms with Crippen LogP contribution in [0.2, 0.25) is 0 Å². The van der Waals surface area contributed by atoms with Crippen LogP contribution in [-0.4, -0.2) is 37.4 Å². The molecule has 0 aliphatic rings. The Morgan fingerprint density at radius 1 is 1.13 bits per heavy atom. The maximum atomic E-state index is 13.1. The van der Waals surface area contributed by atoms with E-state index in [0.717, 1.165) is 18.3 Å². The molecule has 0 radical (unpaired) electrons. The highest BCUT2D eigenvalue weighted by atomic mass is 32.2. The molecule has 0 fully saturated rings. The molecule has 0 bridgehead atoms. The first kappa shape index (κ1) is 22.0. The molecular weight excluding hydrogens is 433 g/mol. The Kier molecular flexibility index (Phi) is 5.99. The van der Waals surface area contributed by atoms with E-state index >= 15 is 0 Å². The van der Waals surface area contributed by atoms with Gasteiger partial charge in [-0.2, -0.15) is 13.9 Å². The summed E-state index contributed by atoms with van der Waals surface area (Å²) >= 11 is 0. The quantitative estimate of drug-likeness (QED) is 0.552. The smallest absolute Gasteiger partial charge is 0.406 e. The van der Waals surface area contributed by atoms with Gasteiger partial charge in [-0.3, -0.25) is 0 Å². The van der Waals surface area contributed by atoms with Crippen molar-refractivity contribution in [3.05, 3.63) is 48.2 Å². The number of benzene rings is 2. The van der Waals surface area contributed by atoms with Gasteiger partial charge in [0.1, 0.15) is 5.75 Å². The maximum Gasteiger partial charge on any atom is 0.573 e. The normalized spacial score (nSPS) is 12.6. The Balaban J connectivity index is 2.02. The lowest BCUT2D eigenvalue weighted by molar-refractivity contribution is -0.274. The molecule has 0 saturated heterocycles. The fraction of sp³-hybridized carbons (Fsp3) is 0.278. The Morgan fingerprint density at radius 2 is 1.80 bits per heavy atom. The SMILES string of the molecule is CNS(=O)(=O)CCc1cc(-c2ccc(OC(F)(F)F)cc2)cc2cn(C(F)F)nc12. The molecule has 0 saturated carbocycles. The number of aryl methyl sites for hydroxylation is 1. The van der Waals surface area contributed by atoms with E-state index in [1.54, 1.807) is 12.1 Å². The highest BCUT2D eigenvalue weighted by Gasteiger charge is 2.31. The molecule has 0 amide bonds. The van der Waals surface area contributed by atoms with Crippen LogP contribution in [0.5, 0.6) is 5.75 Å². The predicted octanol–water partition coefficient (Wildman–Crippen LogP) is 4.09. The van der Waals surface area contributed by atoms with Gasteiger partial charge in [0.05, 0.1) is 11.3 Å². The van der Waals surface area contributed by atoms with Crippen LogP contribution in [0.25, 0.3) is 22.0 Å². The zero-order valence-corrected chi connectivity index (χ0v) is 16.3. The molecule has 12 heteroatoms. The van der Waals surface area contributed by atoms with Crippen LogP contribution in [0.15, 0.2) is 42.6 Å². The summed E-state index contributed by atoms with van der Waals surface area (Å²) in [7, 11) is -2.29. The fourth-order valence-corrected chi connectivity index (χ4v) is 3.57. The van der Waals surface area contributed by atoms with Crippen LogP contribution in [0, 0.1) is 0 Å². The van der Waals surface area contributed by atoms with Crippen molar-refractivity contribution in [2.75, 3.05) is 12.8 Å². The van der Waals surface area contributed by atoms with E-state index in [1.807, 2.05) is 0 Å². The maximum absolute atomic E-state index is 13.1. The van der Waals surface area contributed by atoms with Gasteiger partial charge in [-0.1, -0.05) is 12.1 Å². The summed E-state index contributed by atoms with van der Waals surface area (Å²) in [4.78, 5) is 0. The van der Waals surface area contributed by atoms with E-state index in [4.69, 9.17) is 0 Å². The fourth-order valence-electron chi connectivity index (χ4n) is 2.88. The summed E-state index contributed by atoms with van der Waals surface area (Å²) < 4.78 is 93.1. The predicted molar refractivity (Wildman–Crippen MR) is 99.7 cm³/mol. The van der Waals surface area contributed by atoms with Gasteiger partial charge in [0, 0.05) is 11.6 Å². The van der Waals surface area contributed by atoms with E-state index in [9.17, 15) is 30.4 Å². The van der Waals surface area contributed by atoms with Crippen LogP contribution in [0.1, 0.15) is 12.1 Å². The molecule has 0 aliphatic carbocycles. The summed E-state index contributed by atoms with van der Waals surface area (Å²) in [5.74, 6) is -0.694. The molecule has 0 aliphatic heterocycles. The second-order valence-corrected chi connectivity index (χ2v) is 8.35. The first-order valence-corrected chi connectivity index (χ1v) is 10.2. The van der Waals surface area contributed by atoms with Crippen molar-refractivity contribution in [3.8, 4) is 16.9 Å². The van der Waals surface area contributed by atoms with Crippen LogP contribution in [-0.2, 0) is 16.4 Å². The molecule has 3 rings (SSSR count). The number of halogens is 5. The van der Waals surface area contributed by atoms with Crippen molar-refractivity contribution in [2.45, 2.75) is 19.3 Å². The van der Waals surface area contributed by atoms with Gasteiger partial charge >= 0.3 is 12.9 Å². The van der Waals surface area contributed by atoms with Crippen molar-refractivity contribution in [3.63, 3.8) is 0 Å². The van der Waals surface area contributed by atoms with E-state index in [0.29, 0.717) is 26.8 Å². The Labute approximate surface area is 168 Å². The van der Waals surface area contributed by atoms with Gasteiger partial charge in [0.25, 0.3) is 0 Å². The minimum absolute atomic E-state index is 0.00301. The summed E-state index contributed by atoms with van der Waals surface area (Å²) in [6.07, 6.45) is -3.69. The topological polar surface area (TPSA) is 73.2 Å². The number of fused-ring (bicyclic) bond motifs is 1. The van der Waals surface area contributed by atoms with Gasteiger partial charge in [0.2, 0.25) is 10.0 Å². The number of nitrogens with one attached hydrogen (secondary N) is 1. The molecule has 0 atom stereocenters. The second-order valence-electron chi connectivity index (χ2n) is 6.31. The molecule has 0 spiro atoms. The summed E-state index contributed by atoms with van der Waals surface area (Å²) in [6.45, 7) is -2.88. The number of ether oxygens (including phenoxy) is 1. The first-order valence-electron chi connectivity index (χ1n) is 8.55. The zero-order chi connectivity index (χ0) is 22.1. The molecular formula is C18H16F5N3O3S. The number of hydrogen-bond donors (Lipinski definition) is 1. The highest BCUT2D eigenvalue weighted by molar-refractivity contribution is 7.89. The number of nitrogens with zero attached hydrogens (tertiary/aromatic N) is 2. The van der Waals surface area contributed by atoms with Crippen LogP contribution in [0.3, 0.4) is 0 Å². The Hall–Kier alpha value is -2.73. The minimum atomic E-state index is -4.82. The lowest BCUT2D eigenvalue weighted by Crippen LogP contribution is -2.23. The molecule has 1 N–H and O–H groups in total. The summed E-state index contributed by atoms with van der Waals surface area (Å²) in [5.41, 5.74) is 1.64. The van der Waals surface area contributed by atoms with Crippen molar-refractivity contribution in [2.24, 2.45) is 0 Å². The number of aromatic nitrogens is 2. The molecule has 1 aromatic heterocycles. The Bertz CT molecular complexity index is 1140. The number of alkyl halides is 5. The lowest BCUT2D eigenvalue weighted by atomic mass is 9.99. The molecule has 6 nitrogen and oxygen atoms in total. The monoisotopic (exact) mass is 449 g/mol. The van der Waals surface area contributed by atoms with E-state index in [2.05, 4.69) is 14.6 Å². The minimum Gasteiger partial charge on any atom is -0.406 e. The van der Waals surface area contributed by atoms with Gasteiger partial charge in [-0.15, -0.1) is 13.2 Å². The molecule has 0 unspecified atom stereocenters. The average molecular weight is 449 g/mol.